The first-order valence-corrected chi connectivity index (χ1v) is 12.7. The molecule has 0 heterocycles. The van der Waals surface area contributed by atoms with Crippen LogP contribution in [0.2, 0.25) is 18.1 Å². The van der Waals surface area contributed by atoms with E-state index in [9.17, 15) is 0 Å². The van der Waals surface area contributed by atoms with E-state index in [1.165, 1.54) is 44.9 Å². The minimum absolute atomic E-state index is 0.278. The van der Waals surface area contributed by atoms with Crippen molar-refractivity contribution in [1.82, 2.24) is 0 Å². The van der Waals surface area contributed by atoms with E-state index < -0.39 is 8.32 Å². The lowest BCUT2D eigenvalue weighted by Gasteiger charge is -2.38. The standard InChI is InChI=1S/C21H42OSi/c1-8-10-12-13-14-15-17-19-20(18-16-11-9-2)22-23(6,7)21(3,4)5/h14-15,17,19-20H,8-13,16,18H2,1-7H3/b15-14+,19-17-. The Labute approximate surface area is 147 Å². The van der Waals surface area contributed by atoms with Gasteiger partial charge in [-0.3, -0.25) is 0 Å². The molecular formula is C21H42OSi. The van der Waals surface area contributed by atoms with Gasteiger partial charge in [-0.15, -0.1) is 0 Å². The van der Waals surface area contributed by atoms with Gasteiger partial charge in [0, 0.05) is 0 Å². The van der Waals surface area contributed by atoms with Crippen LogP contribution in [0, 0.1) is 0 Å². The highest BCUT2D eigenvalue weighted by Gasteiger charge is 2.38. The van der Waals surface area contributed by atoms with Crippen LogP contribution in [0.4, 0.5) is 0 Å². The third-order valence-electron chi connectivity index (χ3n) is 4.89. The number of allylic oxidation sites excluding steroid dienone is 3. The van der Waals surface area contributed by atoms with Gasteiger partial charge in [0.05, 0.1) is 6.10 Å². The molecule has 0 saturated carbocycles. The molecule has 0 aliphatic rings. The molecule has 1 atom stereocenters. The molecule has 0 spiro atoms. The van der Waals surface area contributed by atoms with Gasteiger partial charge in [0.25, 0.3) is 0 Å². The molecule has 0 aromatic heterocycles. The highest BCUT2D eigenvalue weighted by Crippen LogP contribution is 2.37. The second-order valence-electron chi connectivity index (χ2n) is 8.22. The van der Waals surface area contributed by atoms with Crippen LogP contribution in [-0.4, -0.2) is 14.4 Å². The molecule has 1 unspecified atom stereocenters. The van der Waals surface area contributed by atoms with E-state index in [1.807, 2.05) is 0 Å². The maximum absolute atomic E-state index is 6.61. The molecule has 0 aromatic carbocycles. The zero-order valence-corrected chi connectivity index (χ0v) is 18.0. The van der Waals surface area contributed by atoms with Crippen molar-refractivity contribution in [1.29, 1.82) is 0 Å². The molecule has 0 aliphatic heterocycles. The smallest absolute Gasteiger partial charge is 0.192 e. The Hall–Kier alpha value is -0.343. The Kier molecular flexibility index (Phi) is 11.9. The van der Waals surface area contributed by atoms with Crippen molar-refractivity contribution < 1.29 is 4.43 Å². The largest absolute Gasteiger partial charge is 0.411 e. The van der Waals surface area contributed by atoms with Crippen LogP contribution in [0.3, 0.4) is 0 Å². The van der Waals surface area contributed by atoms with E-state index in [0.717, 1.165) is 6.42 Å². The summed E-state index contributed by atoms with van der Waals surface area (Å²) in [7, 11) is -1.69. The molecule has 2 heteroatoms. The molecule has 0 bridgehead atoms. The highest BCUT2D eigenvalue weighted by molar-refractivity contribution is 6.74. The van der Waals surface area contributed by atoms with E-state index in [-0.39, 0.29) is 11.1 Å². The van der Waals surface area contributed by atoms with Crippen molar-refractivity contribution in [2.24, 2.45) is 0 Å². The van der Waals surface area contributed by atoms with Gasteiger partial charge in [0.2, 0.25) is 0 Å². The van der Waals surface area contributed by atoms with Crippen molar-refractivity contribution in [2.75, 3.05) is 0 Å². The molecule has 0 saturated heterocycles. The van der Waals surface area contributed by atoms with Gasteiger partial charge in [0.1, 0.15) is 0 Å². The van der Waals surface area contributed by atoms with Crippen LogP contribution in [0.1, 0.15) is 86.0 Å². The minimum atomic E-state index is -1.69. The van der Waals surface area contributed by atoms with Gasteiger partial charge >= 0.3 is 0 Å². The fourth-order valence-electron chi connectivity index (χ4n) is 2.22. The summed E-state index contributed by atoms with van der Waals surface area (Å²) in [5, 5.41) is 0.278. The van der Waals surface area contributed by atoms with Gasteiger partial charge in [-0.2, -0.15) is 0 Å². The lowest BCUT2D eigenvalue weighted by atomic mass is 10.1. The van der Waals surface area contributed by atoms with Crippen LogP contribution >= 0.6 is 0 Å². The Balaban J connectivity index is 4.56. The quantitative estimate of drug-likeness (QED) is 0.202. The molecule has 0 N–H and O–H groups in total. The molecule has 1 nitrogen and oxygen atoms in total. The van der Waals surface area contributed by atoms with E-state index >= 15 is 0 Å². The second-order valence-corrected chi connectivity index (χ2v) is 13.0. The van der Waals surface area contributed by atoms with E-state index in [1.54, 1.807) is 0 Å². The summed E-state index contributed by atoms with van der Waals surface area (Å²) in [5.74, 6) is 0. The van der Waals surface area contributed by atoms with Crippen molar-refractivity contribution in [2.45, 2.75) is 110 Å². The molecule has 0 fully saturated rings. The normalized spacial score (nSPS) is 14.9. The average molecular weight is 339 g/mol. The summed E-state index contributed by atoms with van der Waals surface area (Å²) in [4.78, 5) is 0. The first-order chi connectivity index (χ1) is 10.7. The summed E-state index contributed by atoms with van der Waals surface area (Å²) in [5.41, 5.74) is 0. The van der Waals surface area contributed by atoms with Crippen molar-refractivity contribution in [3.8, 4) is 0 Å². The number of hydrogen-bond acceptors (Lipinski definition) is 1. The topological polar surface area (TPSA) is 9.23 Å². The summed E-state index contributed by atoms with van der Waals surface area (Å²) in [6, 6.07) is 0. The molecular weight excluding hydrogens is 296 g/mol. The zero-order valence-electron chi connectivity index (χ0n) is 17.0. The van der Waals surface area contributed by atoms with Crippen LogP contribution in [-0.2, 0) is 4.43 Å². The maximum atomic E-state index is 6.61. The Morgan fingerprint density at radius 2 is 1.52 bits per heavy atom. The predicted octanol–water partition coefficient (Wildman–Crippen LogP) is 7.65. The van der Waals surface area contributed by atoms with Gasteiger partial charge in [-0.25, -0.2) is 0 Å². The minimum Gasteiger partial charge on any atom is -0.411 e. The summed E-state index contributed by atoms with van der Waals surface area (Å²) in [6.45, 7) is 16.2. The molecule has 136 valence electrons. The Morgan fingerprint density at radius 3 is 2.09 bits per heavy atom. The van der Waals surface area contributed by atoms with Crippen LogP contribution < -0.4 is 0 Å². The fourth-order valence-corrected chi connectivity index (χ4v) is 3.53. The van der Waals surface area contributed by atoms with Gasteiger partial charge in [0.15, 0.2) is 8.32 Å². The third kappa shape index (κ3) is 10.9. The lowest BCUT2D eigenvalue weighted by Crippen LogP contribution is -2.43. The van der Waals surface area contributed by atoms with Crippen molar-refractivity contribution in [3.05, 3.63) is 24.3 Å². The number of hydrogen-bond donors (Lipinski definition) is 0. The van der Waals surface area contributed by atoms with E-state index in [2.05, 4.69) is 72.0 Å². The van der Waals surface area contributed by atoms with E-state index in [0.29, 0.717) is 0 Å². The van der Waals surface area contributed by atoms with E-state index in [4.69, 9.17) is 4.43 Å². The average Bonchev–Trinajstić information content (AvgIpc) is 2.44. The monoisotopic (exact) mass is 338 g/mol. The summed E-state index contributed by atoms with van der Waals surface area (Å²) in [6.07, 6.45) is 19.4. The Morgan fingerprint density at radius 1 is 0.913 bits per heavy atom. The summed E-state index contributed by atoms with van der Waals surface area (Å²) < 4.78 is 6.61. The molecule has 0 aliphatic carbocycles. The fraction of sp³-hybridized carbons (Fsp3) is 0.810. The SMILES string of the molecule is CCCCC/C=C/C=C\C(CCCCC)O[Si](C)(C)C(C)(C)C. The van der Waals surface area contributed by atoms with Gasteiger partial charge < -0.3 is 4.43 Å². The van der Waals surface area contributed by atoms with Crippen LogP contribution in [0.15, 0.2) is 24.3 Å². The first kappa shape index (κ1) is 22.7. The molecule has 0 amide bonds. The van der Waals surface area contributed by atoms with Crippen LogP contribution in [0.5, 0.6) is 0 Å². The van der Waals surface area contributed by atoms with Crippen LogP contribution in [0.25, 0.3) is 0 Å². The van der Waals surface area contributed by atoms with Crippen molar-refractivity contribution in [3.63, 3.8) is 0 Å². The molecule has 23 heavy (non-hydrogen) atoms. The number of unbranched alkanes of at least 4 members (excludes halogenated alkanes) is 5. The zero-order chi connectivity index (χ0) is 17.8. The highest BCUT2D eigenvalue weighted by atomic mass is 28.4. The number of rotatable bonds is 12. The summed E-state index contributed by atoms with van der Waals surface area (Å²) >= 11 is 0. The van der Waals surface area contributed by atoms with Gasteiger partial charge in [-0.1, -0.05) is 91.0 Å². The molecule has 0 aromatic rings. The third-order valence-corrected chi connectivity index (χ3v) is 9.40. The Bertz CT molecular complexity index is 336. The molecule has 0 radical (unpaired) electrons. The maximum Gasteiger partial charge on any atom is 0.192 e. The second kappa shape index (κ2) is 12.1. The lowest BCUT2D eigenvalue weighted by molar-refractivity contribution is 0.211. The first-order valence-electron chi connectivity index (χ1n) is 9.75. The molecule has 0 rings (SSSR count). The van der Waals surface area contributed by atoms with Gasteiger partial charge in [-0.05, 0) is 37.4 Å². The van der Waals surface area contributed by atoms with Crippen molar-refractivity contribution >= 4 is 8.32 Å². The predicted molar refractivity (Wildman–Crippen MR) is 109 cm³/mol.